The predicted octanol–water partition coefficient (Wildman–Crippen LogP) is 2.47. The van der Waals surface area contributed by atoms with Crippen LogP contribution in [-0.4, -0.2) is 16.9 Å². The van der Waals surface area contributed by atoms with Gasteiger partial charge in [-0.15, -0.1) is 0 Å². The molecule has 0 atom stereocenters. The molecular formula is C10H11FO3. The smallest absolute Gasteiger partial charge is 0.339 e. The summed E-state index contributed by atoms with van der Waals surface area (Å²) in [6, 6.07) is 5.93. The minimum absolute atomic E-state index is 0.0347. The van der Waals surface area contributed by atoms with Crippen molar-refractivity contribution in [1.29, 1.82) is 0 Å². The molecule has 0 heterocycles. The highest BCUT2D eigenvalue weighted by Crippen LogP contribution is 2.23. The number of halogens is 1. The number of hydrogen-bond donors (Lipinski definition) is 1. The van der Waals surface area contributed by atoms with Gasteiger partial charge in [0.1, 0.15) is 11.3 Å². The van der Waals surface area contributed by atoms with Gasteiger partial charge >= 0.3 is 5.97 Å². The highest BCUT2D eigenvalue weighted by Gasteiger charge is 2.20. The van der Waals surface area contributed by atoms with Crippen LogP contribution in [0.5, 0.6) is 5.75 Å². The van der Waals surface area contributed by atoms with E-state index in [4.69, 9.17) is 9.84 Å². The molecule has 0 amide bonds. The zero-order valence-corrected chi connectivity index (χ0v) is 7.95. The highest BCUT2D eigenvalue weighted by atomic mass is 19.2. The highest BCUT2D eigenvalue weighted by molar-refractivity contribution is 5.90. The number of carboxylic acid groups (broad SMARTS) is 1. The largest absolute Gasteiger partial charge is 0.478 e. The van der Waals surface area contributed by atoms with Crippen molar-refractivity contribution >= 4 is 5.97 Å². The Labute approximate surface area is 81.1 Å². The number of para-hydroxylation sites is 1. The molecule has 14 heavy (non-hydrogen) atoms. The molecule has 1 aromatic carbocycles. The number of benzene rings is 1. The van der Waals surface area contributed by atoms with Gasteiger partial charge in [0.15, 0.2) is 0 Å². The first-order valence-electron chi connectivity index (χ1n) is 4.10. The van der Waals surface area contributed by atoms with E-state index in [1.165, 1.54) is 26.0 Å². The molecule has 0 bridgehead atoms. The fraction of sp³-hybridized carbons (Fsp3) is 0.300. The Balaban J connectivity index is 3.02. The van der Waals surface area contributed by atoms with E-state index in [9.17, 15) is 9.18 Å². The molecule has 0 saturated heterocycles. The van der Waals surface area contributed by atoms with E-state index >= 15 is 0 Å². The summed E-state index contributed by atoms with van der Waals surface area (Å²) >= 11 is 0. The second-order valence-corrected chi connectivity index (χ2v) is 3.27. The summed E-state index contributed by atoms with van der Waals surface area (Å²) in [7, 11) is 0. The molecule has 0 radical (unpaired) electrons. The van der Waals surface area contributed by atoms with Crippen LogP contribution in [0.3, 0.4) is 0 Å². The fourth-order valence-electron chi connectivity index (χ4n) is 0.994. The van der Waals surface area contributed by atoms with Gasteiger partial charge < -0.3 is 9.84 Å². The number of hydrogen-bond acceptors (Lipinski definition) is 2. The zero-order chi connectivity index (χ0) is 10.8. The summed E-state index contributed by atoms with van der Waals surface area (Å²) in [5, 5.41) is 8.76. The first-order chi connectivity index (χ1) is 6.40. The summed E-state index contributed by atoms with van der Waals surface area (Å²) in [6.07, 6.45) is 0. The third-order valence-electron chi connectivity index (χ3n) is 1.47. The summed E-state index contributed by atoms with van der Waals surface area (Å²) in [5.74, 6) is -2.98. The molecule has 1 rings (SSSR count). The topological polar surface area (TPSA) is 46.5 Å². The average molecular weight is 198 g/mol. The molecule has 1 aromatic rings. The minimum atomic E-state index is -1.88. The van der Waals surface area contributed by atoms with Crippen molar-refractivity contribution in [3.8, 4) is 5.75 Å². The van der Waals surface area contributed by atoms with Gasteiger partial charge in [0.25, 0.3) is 0 Å². The third-order valence-corrected chi connectivity index (χ3v) is 1.47. The molecule has 0 aliphatic carbocycles. The average Bonchev–Trinajstić information content (AvgIpc) is 2.01. The normalized spacial score (nSPS) is 11.1. The molecule has 1 N–H and O–H groups in total. The van der Waals surface area contributed by atoms with Crippen molar-refractivity contribution in [1.82, 2.24) is 0 Å². The number of alkyl halides is 1. The van der Waals surface area contributed by atoms with Gasteiger partial charge in [0.2, 0.25) is 5.85 Å². The fourth-order valence-corrected chi connectivity index (χ4v) is 0.994. The van der Waals surface area contributed by atoms with E-state index in [2.05, 4.69) is 0 Å². The lowest BCUT2D eigenvalue weighted by Crippen LogP contribution is -2.22. The van der Waals surface area contributed by atoms with Crippen molar-refractivity contribution in [2.24, 2.45) is 0 Å². The van der Waals surface area contributed by atoms with Gasteiger partial charge in [-0.1, -0.05) is 12.1 Å². The molecular weight excluding hydrogens is 187 g/mol. The first-order valence-corrected chi connectivity index (χ1v) is 4.10. The standard InChI is InChI=1S/C10H11FO3/c1-10(2,11)14-8-6-4-3-5-7(8)9(12)13/h3-6H,1-2H3,(H,12,13). The number of rotatable bonds is 3. The predicted molar refractivity (Wildman–Crippen MR) is 49.2 cm³/mol. The van der Waals surface area contributed by atoms with Crippen molar-refractivity contribution in [2.45, 2.75) is 19.7 Å². The number of aromatic carboxylic acids is 1. The van der Waals surface area contributed by atoms with Crippen LogP contribution < -0.4 is 4.74 Å². The second-order valence-electron chi connectivity index (χ2n) is 3.27. The third kappa shape index (κ3) is 2.73. The van der Waals surface area contributed by atoms with Crippen LogP contribution in [0.15, 0.2) is 24.3 Å². The molecule has 0 fully saturated rings. The van der Waals surface area contributed by atoms with Crippen LogP contribution in [0.1, 0.15) is 24.2 Å². The van der Waals surface area contributed by atoms with Gasteiger partial charge in [-0.05, 0) is 12.1 Å². The molecule has 3 nitrogen and oxygen atoms in total. The van der Waals surface area contributed by atoms with Crippen LogP contribution in [0.2, 0.25) is 0 Å². The van der Waals surface area contributed by atoms with Crippen molar-refractivity contribution < 1.29 is 19.0 Å². The Bertz CT molecular complexity index is 341. The molecule has 0 unspecified atom stereocenters. The van der Waals surface area contributed by atoms with Crippen molar-refractivity contribution in [2.75, 3.05) is 0 Å². The first kappa shape index (κ1) is 10.5. The van der Waals surface area contributed by atoms with E-state index in [-0.39, 0.29) is 11.3 Å². The Morgan fingerprint density at radius 1 is 1.43 bits per heavy atom. The number of carboxylic acids is 1. The van der Waals surface area contributed by atoms with Crippen LogP contribution >= 0.6 is 0 Å². The van der Waals surface area contributed by atoms with E-state index < -0.39 is 11.8 Å². The maximum Gasteiger partial charge on any atom is 0.339 e. The molecule has 0 aliphatic heterocycles. The SMILES string of the molecule is CC(C)(F)Oc1ccccc1C(=O)O. The Kier molecular flexibility index (Phi) is 2.74. The lowest BCUT2D eigenvalue weighted by molar-refractivity contribution is -0.0264. The molecule has 4 heteroatoms. The lowest BCUT2D eigenvalue weighted by atomic mass is 10.2. The second kappa shape index (κ2) is 3.65. The molecule has 76 valence electrons. The van der Waals surface area contributed by atoms with Crippen LogP contribution in [0.25, 0.3) is 0 Å². The summed E-state index contributed by atoms with van der Waals surface area (Å²) in [4.78, 5) is 10.7. The van der Waals surface area contributed by atoms with E-state index in [0.29, 0.717) is 0 Å². The molecule has 0 aliphatic rings. The molecule has 0 aromatic heterocycles. The summed E-state index contributed by atoms with van der Waals surface area (Å²) in [6.45, 7) is 2.43. The maximum atomic E-state index is 13.1. The van der Waals surface area contributed by atoms with Crippen LogP contribution in [-0.2, 0) is 0 Å². The minimum Gasteiger partial charge on any atom is -0.478 e. The van der Waals surface area contributed by atoms with Crippen molar-refractivity contribution in [3.63, 3.8) is 0 Å². The van der Waals surface area contributed by atoms with Gasteiger partial charge in [-0.25, -0.2) is 4.79 Å². The molecule has 0 spiro atoms. The van der Waals surface area contributed by atoms with Gasteiger partial charge in [-0.3, -0.25) is 0 Å². The summed E-state index contributed by atoms with van der Waals surface area (Å²) < 4.78 is 17.9. The van der Waals surface area contributed by atoms with Crippen LogP contribution in [0, 0.1) is 0 Å². The Morgan fingerprint density at radius 2 is 2.00 bits per heavy atom. The van der Waals surface area contributed by atoms with E-state index in [0.717, 1.165) is 0 Å². The zero-order valence-electron chi connectivity index (χ0n) is 7.95. The lowest BCUT2D eigenvalue weighted by Gasteiger charge is -2.18. The summed E-state index contributed by atoms with van der Waals surface area (Å²) in [5.41, 5.74) is -0.0433. The Hall–Kier alpha value is -1.58. The van der Waals surface area contributed by atoms with Gasteiger partial charge in [0.05, 0.1) is 0 Å². The van der Waals surface area contributed by atoms with Crippen molar-refractivity contribution in [3.05, 3.63) is 29.8 Å². The molecule has 0 saturated carbocycles. The number of ether oxygens (including phenoxy) is 1. The number of carbonyl (C=O) groups is 1. The Morgan fingerprint density at radius 3 is 2.50 bits per heavy atom. The van der Waals surface area contributed by atoms with Gasteiger partial charge in [0, 0.05) is 13.8 Å². The van der Waals surface area contributed by atoms with E-state index in [1.807, 2.05) is 0 Å². The van der Waals surface area contributed by atoms with Gasteiger partial charge in [-0.2, -0.15) is 4.39 Å². The maximum absolute atomic E-state index is 13.1. The van der Waals surface area contributed by atoms with Crippen LogP contribution in [0.4, 0.5) is 4.39 Å². The monoisotopic (exact) mass is 198 g/mol. The quantitative estimate of drug-likeness (QED) is 0.811. The van der Waals surface area contributed by atoms with E-state index in [1.54, 1.807) is 12.1 Å².